The fourth-order valence-corrected chi connectivity index (χ4v) is 5.40. The van der Waals surface area contributed by atoms with Gasteiger partial charge in [0.15, 0.2) is 0 Å². The monoisotopic (exact) mass is 484 g/mol. The Morgan fingerprint density at radius 3 is 2.85 bits per heavy atom. The molecule has 1 aliphatic heterocycles. The van der Waals surface area contributed by atoms with E-state index in [0.29, 0.717) is 38.8 Å². The summed E-state index contributed by atoms with van der Waals surface area (Å²) in [5.41, 5.74) is 2.39. The minimum absolute atomic E-state index is 0.0919. The predicted molar refractivity (Wildman–Crippen MR) is 135 cm³/mol. The van der Waals surface area contributed by atoms with Gasteiger partial charge < -0.3 is 19.5 Å². The average molecular weight is 485 g/mol. The number of carbonyl (C=O) groups is 1. The molecule has 2 aliphatic rings. The molecule has 1 saturated carbocycles. The van der Waals surface area contributed by atoms with Crippen LogP contribution in [-0.2, 0) is 16.0 Å². The summed E-state index contributed by atoms with van der Waals surface area (Å²) in [4.78, 5) is 19.0. The Bertz CT molecular complexity index is 940. The van der Waals surface area contributed by atoms with Crippen molar-refractivity contribution in [1.29, 1.82) is 0 Å². The smallest absolute Gasteiger partial charge is 0.237 e. The number of hydrogen-bond donors (Lipinski definition) is 1. The van der Waals surface area contributed by atoms with Crippen LogP contribution in [0.1, 0.15) is 34.9 Å². The van der Waals surface area contributed by atoms with E-state index in [9.17, 15) is 9.90 Å². The van der Waals surface area contributed by atoms with Crippen molar-refractivity contribution in [3.8, 4) is 5.75 Å². The van der Waals surface area contributed by atoms with Crippen LogP contribution in [0.4, 0.5) is 0 Å². The summed E-state index contributed by atoms with van der Waals surface area (Å²) in [7, 11) is 0. The van der Waals surface area contributed by atoms with Gasteiger partial charge in [0.25, 0.3) is 0 Å². The second-order valence-corrected chi connectivity index (χ2v) is 10.4. The summed E-state index contributed by atoms with van der Waals surface area (Å²) in [6, 6.07) is 10.1. The van der Waals surface area contributed by atoms with E-state index in [4.69, 9.17) is 9.47 Å². The first-order valence-corrected chi connectivity index (χ1v) is 13.1. The fraction of sp³-hybridized carbons (Fsp3) is 0.519. The Kier molecular flexibility index (Phi) is 8.78. The molecule has 184 valence electrons. The molecule has 0 radical (unpaired) electrons. The van der Waals surface area contributed by atoms with E-state index in [1.165, 1.54) is 28.8 Å². The number of rotatable bonds is 13. The lowest BCUT2D eigenvalue weighted by Gasteiger charge is -2.37. The van der Waals surface area contributed by atoms with Gasteiger partial charge in [-0.3, -0.25) is 9.69 Å². The zero-order valence-electron chi connectivity index (χ0n) is 20.0. The van der Waals surface area contributed by atoms with Crippen molar-refractivity contribution >= 4 is 17.2 Å². The number of aliphatic hydroxyl groups is 1. The lowest BCUT2D eigenvalue weighted by molar-refractivity contribution is -0.136. The van der Waals surface area contributed by atoms with Gasteiger partial charge in [-0.15, -0.1) is 17.9 Å². The first-order chi connectivity index (χ1) is 16.5. The highest BCUT2D eigenvalue weighted by atomic mass is 32.1. The standard InChI is InChI=1S/C27H36N2O4S/c1-3-13-32-18-22(30)16-28(15-21-6-7-21)17-27(31)29-12-10-26-24(11-14-34-26)25(29)19-33-23-8-4-20(2)5-9-23/h3-5,8-9,11,14,21-22,25,30H,1,6-7,10,12-13,15-19H2,2H3/t22-,25-/m1/s1. The molecule has 0 saturated heterocycles. The lowest BCUT2D eigenvalue weighted by Crippen LogP contribution is -2.48. The molecule has 7 heteroatoms. The van der Waals surface area contributed by atoms with Crippen LogP contribution in [0.5, 0.6) is 5.75 Å². The van der Waals surface area contributed by atoms with Gasteiger partial charge in [0.2, 0.25) is 5.91 Å². The molecule has 1 aliphatic carbocycles. The number of ether oxygens (including phenoxy) is 2. The molecule has 2 heterocycles. The van der Waals surface area contributed by atoms with E-state index >= 15 is 0 Å². The highest BCUT2D eigenvalue weighted by molar-refractivity contribution is 7.10. The maximum absolute atomic E-state index is 13.6. The first kappa shape index (κ1) is 24.9. The molecule has 0 unspecified atom stereocenters. The normalized spacial score (nSPS) is 18.6. The Morgan fingerprint density at radius 1 is 1.32 bits per heavy atom. The molecule has 1 aromatic carbocycles. The van der Waals surface area contributed by atoms with Crippen molar-refractivity contribution in [2.45, 2.75) is 38.3 Å². The molecule has 4 rings (SSSR count). The number of hydrogen-bond acceptors (Lipinski definition) is 6. The van der Waals surface area contributed by atoms with Crippen molar-refractivity contribution in [3.05, 3.63) is 64.4 Å². The zero-order chi connectivity index (χ0) is 23.9. The number of benzene rings is 1. The largest absolute Gasteiger partial charge is 0.491 e. The molecule has 6 nitrogen and oxygen atoms in total. The Balaban J connectivity index is 1.41. The minimum atomic E-state index is -0.628. The Hall–Kier alpha value is -2.19. The van der Waals surface area contributed by atoms with Crippen LogP contribution in [0.2, 0.25) is 0 Å². The van der Waals surface area contributed by atoms with Gasteiger partial charge in [-0.25, -0.2) is 0 Å². The number of carbonyl (C=O) groups excluding carboxylic acids is 1. The predicted octanol–water partition coefficient (Wildman–Crippen LogP) is 3.84. The summed E-state index contributed by atoms with van der Waals surface area (Å²) >= 11 is 1.76. The molecule has 0 spiro atoms. The second kappa shape index (κ2) is 12.0. The maximum Gasteiger partial charge on any atom is 0.237 e. The summed E-state index contributed by atoms with van der Waals surface area (Å²) in [6.45, 7) is 9.05. The van der Waals surface area contributed by atoms with E-state index in [0.717, 1.165) is 18.7 Å². The highest BCUT2D eigenvalue weighted by Gasteiger charge is 2.34. The molecular weight excluding hydrogens is 448 g/mol. The number of fused-ring (bicyclic) bond motifs is 1. The summed E-state index contributed by atoms with van der Waals surface area (Å²) in [5.74, 6) is 1.53. The fourth-order valence-electron chi connectivity index (χ4n) is 4.47. The summed E-state index contributed by atoms with van der Waals surface area (Å²) in [5, 5.41) is 12.6. The molecule has 1 fully saturated rings. The molecule has 2 aromatic rings. The maximum atomic E-state index is 13.6. The SMILES string of the molecule is C=CCOC[C@H](O)CN(CC(=O)N1CCc2sccc2[C@H]1COc1ccc(C)cc1)CC1CC1. The van der Waals surface area contributed by atoms with Gasteiger partial charge in [-0.1, -0.05) is 23.8 Å². The van der Waals surface area contributed by atoms with E-state index in [1.807, 2.05) is 29.2 Å². The quantitative estimate of drug-likeness (QED) is 0.346. The Labute approximate surface area is 206 Å². The highest BCUT2D eigenvalue weighted by Crippen LogP contribution is 2.34. The van der Waals surface area contributed by atoms with Crippen molar-refractivity contribution in [3.63, 3.8) is 0 Å². The van der Waals surface area contributed by atoms with Crippen LogP contribution in [0.25, 0.3) is 0 Å². The third kappa shape index (κ3) is 6.92. The van der Waals surface area contributed by atoms with Crippen LogP contribution in [0.3, 0.4) is 0 Å². The van der Waals surface area contributed by atoms with Crippen molar-refractivity contribution in [2.24, 2.45) is 5.92 Å². The van der Waals surface area contributed by atoms with Crippen LogP contribution in [0, 0.1) is 12.8 Å². The number of amides is 1. The van der Waals surface area contributed by atoms with Crippen LogP contribution < -0.4 is 4.74 Å². The van der Waals surface area contributed by atoms with Gasteiger partial charge in [0, 0.05) is 24.5 Å². The van der Waals surface area contributed by atoms with Gasteiger partial charge >= 0.3 is 0 Å². The van der Waals surface area contributed by atoms with E-state index in [2.05, 4.69) is 29.8 Å². The van der Waals surface area contributed by atoms with Gasteiger partial charge in [0.05, 0.1) is 31.9 Å². The third-order valence-corrected chi connectivity index (χ3v) is 7.43. The Morgan fingerprint density at radius 2 is 2.12 bits per heavy atom. The lowest BCUT2D eigenvalue weighted by atomic mass is 10.0. The van der Waals surface area contributed by atoms with E-state index < -0.39 is 6.10 Å². The first-order valence-electron chi connectivity index (χ1n) is 12.2. The van der Waals surface area contributed by atoms with E-state index in [-0.39, 0.29) is 18.6 Å². The summed E-state index contributed by atoms with van der Waals surface area (Å²) in [6.07, 6.45) is 4.31. The second-order valence-electron chi connectivity index (χ2n) is 9.39. The van der Waals surface area contributed by atoms with Crippen LogP contribution in [0.15, 0.2) is 48.4 Å². The molecular formula is C27H36N2O4S. The molecule has 1 amide bonds. The number of aliphatic hydroxyl groups excluding tert-OH is 1. The van der Waals surface area contributed by atoms with Gasteiger partial charge in [0.1, 0.15) is 12.4 Å². The van der Waals surface area contributed by atoms with Crippen molar-refractivity contribution in [1.82, 2.24) is 9.80 Å². The number of thiophene rings is 1. The number of nitrogens with zero attached hydrogens (tertiary/aromatic N) is 2. The van der Waals surface area contributed by atoms with E-state index in [1.54, 1.807) is 17.4 Å². The molecule has 2 atom stereocenters. The minimum Gasteiger partial charge on any atom is -0.491 e. The van der Waals surface area contributed by atoms with Gasteiger partial charge in [-0.05, 0) is 61.2 Å². The zero-order valence-corrected chi connectivity index (χ0v) is 20.8. The molecule has 34 heavy (non-hydrogen) atoms. The van der Waals surface area contributed by atoms with Crippen LogP contribution in [-0.4, -0.2) is 72.9 Å². The molecule has 1 aromatic heterocycles. The third-order valence-electron chi connectivity index (χ3n) is 6.43. The summed E-state index contributed by atoms with van der Waals surface area (Å²) < 4.78 is 11.5. The molecule has 0 bridgehead atoms. The number of aryl methyl sites for hydroxylation is 1. The van der Waals surface area contributed by atoms with Crippen molar-refractivity contribution < 1.29 is 19.4 Å². The average Bonchev–Trinajstić information content (AvgIpc) is 3.50. The van der Waals surface area contributed by atoms with Gasteiger partial charge in [-0.2, -0.15) is 0 Å². The van der Waals surface area contributed by atoms with Crippen molar-refractivity contribution in [2.75, 3.05) is 46.0 Å². The topological polar surface area (TPSA) is 62.2 Å². The molecule has 1 N–H and O–H groups in total. The van der Waals surface area contributed by atoms with Crippen LogP contribution >= 0.6 is 11.3 Å².